The van der Waals surface area contributed by atoms with Crippen LogP contribution in [0.4, 0.5) is 0 Å². The van der Waals surface area contributed by atoms with Gasteiger partial charge in [0.25, 0.3) is 0 Å². The van der Waals surface area contributed by atoms with E-state index in [1.54, 1.807) is 0 Å². The molecule has 0 bridgehead atoms. The molecule has 2 saturated carbocycles. The molecule has 0 N–H and O–H groups in total. The second-order valence-electron chi connectivity index (χ2n) is 9.75. The van der Waals surface area contributed by atoms with Gasteiger partial charge in [0.1, 0.15) is 0 Å². The summed E-state index contributed by atoms with van der Waals surface area (Å²) in [5.74, 6) is 2.99. The standard InChI is InChI=1S/C25H45N/c1-3-5-6-7-8-9-22-10-12-23(13-11-22)14-15-24-16-19-25(21-26,18-4-2)20-17-24/h22-24H,3-20H2,1-2H3/t22-,23-,24-,25-. The first-order valence-corrected chi connectivity index (χ1v) is 12.1. The van der Waals surface area contributed by atoms with Gasteiger partial charge < -0.3 is 0 Å². The lowest BCUT2D eigenvalue weighted by atomic mass is 9.67. The van der Waals surface area contributed by atoms with Crippen molar-refractivity contribution in [2.45, 2.75) is 129 Å². The van der Waals surface area contributed by atoms with Gasteiger partial charge in [0, 0.05) is 0 Å². The SMILES string of the molecule is CCCCCCC[C@H]1CC[C@H](CC[C@H]2CC[C@@](C#N)(CCC)CC2)CC1. The molecule has 150 valence electrons. The number of nitrogens with zero attached hydrogens (tertiary/aromatic N) is 1. The summed E-state index contributed by atoms with van der Waals surface area (Å²) >= 11 is 0. The molecule has 2 aliphatic carbocycles. The smallest absolute Gasteiger partial charge is 0.0689 e. The summed E-state index contributed by atoms with van der Waals surface area (Å²) in [4.78, 5) is 0. The molecule has 0 radical (unpaired) electrons. The molecule has 0 aromatic carbocycles. The van der Waals surface area contributed by atoms with Gasteiger partial charge in [-0.15, -0.1) is 0 Å². The fourth-order valence-corrected chi connectivity index (χ4v) is 5.73. The Kier molecular flexibility index (Phi) is 10.1. The van der Waals surface area contributed by atoms with Gasteiger partial charge in [-0.05, 0) is 49.9 Å². The Morgan fingerprint density at radius 3 is 1.77 bits per heavy atom. The molecule has 0 aliphatic heterocycles. The molecule has 0 amide bonds. The number of hydrogen-bond donors (Lipinski definition) is 0. The maximum atomic E-state index is 9.57. The quantitative estimate of drug-likeness (QED) is 0.339. The summed E-state index contributed by atoms with van der Waals surface area (Å²) < 4.78 is 0. The molecule has 0 aromatic rings. The summed E-state index contributed by atoms with van der Waals surface area (Å²) in [5.41, 5.74) is 0.0421. The van der Waals surface area contributed by atoms with E-state index in [2.05, 4.69) is 19.9 Å². The van der Waals surface area contributed by atoms with E-state index in [9.17, 15) is 5.26 Å². The van der Waals surface area contributed by atoms with E-state index in [-0.39, 0.29) is 5.41 Å². The van der Waals surface area contributed by atoms with Crippen LogP contribution in [0.25, 0.3) is 0 Å². The summed E-state index contributed by atoms with van der Waals surface area (Å²) in [5, 5.41) is 9.57. The van der Waals surface area contributed by atoms with E-state index < -0.39 is 0 Å². The fourth-order valence-electron chi connectivity index (χ4n) is 5.73. The van der Waals surface area contributed by atoms with Crippen molar-refractivity contribution >= 4 is 0 Å². The predicted molar refractivity (Wildman–Crippen MR) is 113 cm³/mol. The topological polar surface area (TPSA) is 23.8 Å². The number of rotatable bonds is 11. The van der Waals surface area contributed by atoms with E-state index in [1.807, 2.05) is 0 Å². The molecular formula is C25H45N. The third-order valence-corrected chi connectivity index (χ3v) is 7.69. The minimum Gasteiger partial charge on any atom is -0.198 e. The van der Waals surface area contributed by atoms with Crippen LogP contribution in [0.2, 0.25) is 0 Å². The van der Waals surface area contributed by atoms with Crippen LogP contribution in [0.5, 0.6) is 0 Å². The largest absolute Gasteiger partial charge is 0.198 e. The molecule has 26 heavy (non-hydrogen) atoms. The molecule has 0 heterocycles. The van der Waals surface area contributed by atoms with Gasteiger partial charge in [0.15, 0.2) is 0 Å². The van der Waals surface area contributed by atoms with Crippen molar-refractivity contribution in [1.29, 1.82) is 5.26 Å². The lowest BCUT2D eigenvalue weighted by Gasteiger charge is -2.36. The molecule has 0 unspecified atom stereocenters. The van der Waals surface area contributed by atoms with Crippen molar-refractivity contribution in [1.82, 2.24) is 0 Å². The molecule has 2 rings (SSSR count). The lowest BCUT2D eigenvalue weighted by Crippen LogP contribution is -2.26. The fraction of sp³-hybridized carbons (Fsp3) is 0.960. The third-order valence-electron chi connectivity index (χ3n) is 7.69. The highest BCUT2D eigenvalue weighted by Crippen LogP contribution is 2.44. The van der Waals surface area contributed by atoms with Gasteiger partial charge in [0.2, 0.25) is 0 Å². The minimum absolute atomic E-state index is 0.0421. The maximum Gasteiger partial charge on any atom is 0.0689 e. The maximum absolute atomic E-state index is 9.57. The van der Waals surface area contributed by atoms with Crippen LogP contribution in [0.3, 0.4) is 0 Å². The van der Waals surface area contributed by atoms with Crippen molar-refractivity contribution in [2.24, 2.45) is 23.2 Å². The van der Waals surface area contributed by atoms with Crippen molar-refractivity contribution in [2.75, 3.05) is 0 Å². The number of unbranched alkanes of at least 4 members (excludes halogenated alkanes) is 4. The van der Waals surface area contributed by atoms with Crippen molar-refractivity contribution in [3.05, 3.63) is 0 Å². The first kappa shape index (κ1) is 21.8. The van der Waals surface area contributed by atoms with Crippen molar-refractivity contribution < 1.29 is 0 Å². The highest BCUT2D eigenvalue weighted by atomic mass is 14.4. The van der Waals surface area contributed by atoms with Crippen LogP contribution in [-0.2, 0) is 0 Å². The Balaban J connectivity index is 1.55. The molecular weight excluding hydrogens is 314 g/mol. The molecule has 2 fully saturated rings. The molecule has 1 nitrogen and oxygen atoms in total. The first-order valence-electron chi connectivity index (χ1n) is 12.1. The Morgan fingerprint density at radius 1 is 0.692 bits per heavy atom. The van der Waals surface area contributed by atoms with Crippen molar-refractivity contribution in [3.63, 3.8) is 0 Å². The predicted octanol–water partition coefficient (Wildman–Crippen LogP) is 8.43. The normalized spacial score (nSPS) is 32.3. The second-order valence-corrected chi connectivity index (χ2v) is 9.75. The average Bonchev–Trinajstić information content (AvgIpc) is 2.68. The molecule has 0 aromatic heterocycles. The van der Waals surface area contributed by atoms with E-state index in [0.29, 0.717) is 0 Å². The molecule has 1 heteroatoms. The van der Waals surface area contributed by atoms with Crippen LogP contribution in [0.1, 0.15) is 129 Å². The lowest BCUT2D eigenvalue weighted by molar-refractivity contribution is 0.173. The third kappa shape index (κ3) is 7.25. The summed E-state index contributed by atoms with van der Waals surface area (Å²) in [7, 11) is 0. The van der Waals surface area contributed by atoms with Gasteiger partial charge in [-0.2, -0.15) is 5.26 Å². The molecule has 2 aliphatic rings. The Bertz CT molecular complexity index is 391. The monoisotopic (exact) mass is 359 g/mol. The van der Waals surface area contributed by atoms with E-state index >= 15 is 0 Å². The molecule has 0 saturated heterocycles. The number of nitriles is 1. The van der Waals surface area contributed by atoms with Crippen LogP contribution < -0.4 is 0 Å². The van der Waals surface area contributed by atoms with Crippen LogP contribution >= 0.6 is 0 Å². The highest BCUT2D eigenvalue weighted by molar-refractivity contribution is 5.01. The van der Waals surface area contributed by atoms with Crippen LogP contribution in [-0.4, -0.2) is 0 Å². The van der Waals surface area contributed by atoms with Crippen LogP contribution in [0.15, 0.2) is 0 Å². The van der Waals surface area contributed by atoms with Gasteiger partial charge in [-0.25, -0.2) is 0 Å². The van der Waals surface area contributed by atoms with Crippen molar-refractivity contribution in [3.8, 4) is 6.07 Å². The second kappa shape index (κ2) is 12.0. The summed E-state index contributed by atoms with van der Waals surface area (Å²) in [6, 6.07) is 2.68. The van der Waals surface area contributed by atoms with E-state index in [1.165, 1.54) is 109 Å². The summed E-state index contributed by atoms with van der Waals surface area (Å²) in [6.45, 7) is 4.53. The van der Waals surface area contributed by atoms with Crippen LogP contribution in [0, 0.1) is 34.5 Å². The minimum atomic E-state index is 0.0421. The zero-order valence-corrected chi connectivity index (χ0v) is 17.9. The Morgan fingerprint density at radius 2 is 1.23 bits per heavy atom. The highest BCUT2D eigenvalue weighted by Gasteiger charge is 2.34. The number of hydrogen-bond acceptors (Lipinski definition) is 1. The Hall–Kier alpha value is -0.510. The first-order chi connectivity index (χ1) is 12.7. The van der Waals surface area contributed by atoms with Gasteiger partial charge >= 0.3 is 0 Å². The molecule has 0 spiro atoms. The van der Waals surface area contributed by atoms with Gasteiger partial charge in [-0.1, -0.05) is 97.3 Å². The zero-order valence-electron chi connectivity index (χ0n) is 17.9. The Labute approximate surface area is 164 Å². The summed E-state index contributed by atoms with van der Waals surface area (Å²) in [6.07, 6.45) is 24.9. The van der Waals surface area contributed by atoms with E-state index in [0.717, 1.165) is 24.2 Å². The van der Waals surface area contributed by atoms with Gasteiger partial charge in [-0.3, -0.25) is 0 Å². The van der Waals surface area contributed by atoms with E-state index in [4.69, 9.17) is 0 Å². The average molecular weight is 360 g/mol. The zero-order chi connectivity index (χ0) is 18.7. The van der Waals surface area contributed by atoms with Gasteiger partial charge in [0.05, 0.1) is 11.5 Å². The molecule has 0 atom stereocenters.